The lowest BCUT2D eigenvalue weighted by atomic mass is 9.92. The number of fused-ring (bicyclic) bond motifs is 4. The minimum absolute atomic E-state index is 0. The zero-order chi connectivity index (χ0) is 27.2. The van der Waals surface area contributed by atoms with Crippen molar-refractivity contribution in [3.63, 3.8) is 0 Å². The average molecular weight is 585 g/mol. The summed E-state index contributed by atoms with van der Waals surface area (Å²) in [6.45, 7) is 0. The van der Waals surface area contributed by atoms with Crippen LogP contribution in [0, 0.1) is 0 Å². The molecule has 0 saturated heterocycles. The van der Waals surface area contributed by atoms with Gasteiger partial charge in [-0.1, -0.05) is 32.1 Å². The summed E-state index contributed by atoms with van der Waals surface area (Å²) in [5, 5.41) is 7.35. The van der Waals surface area contributed by atoms with Crippen LogP contribution in [0.25, 0.3) is 22.1 Å². The number of hydrogen-bond donors (Lipinski definition) is 4. The smallest absolute Gasteiger partial charge is 0.128 e. The third kappa shape index (κ3) is 5.41. The van der Waals surface area contributed by atoms with E-state index in [2.05, 4.69) is 57.0 Å². The van der Waals surface area contributed by atoms with E-state index in [1.165, 1.54) is 62.5 Å². The van der Waals surface area contributed by atoms with Crippen molar-refractivity contribution >= 4 is 46.1 Å². The molecule has 2 fully saturated rings. The van der Waals surface area contributed by atoms with Crippen molar-refractivity contribution in [2.75, 3.05) is 0 Å². The van der Waals surface area contributed by atoms with Crippen molar-refractivity contribution in [2.45, 2.75) is 108 Å². The van der Waals surface area contributed by atoms with E-state index in [0.29, 0.717) is 24.2 Å². The third-order valence-corrected chi connectivity index (χ3v) is 9.63. The Kier molecular flexibility index (Phi) is 7.65. The van der Waals surface area contributed by atoms with Gasteiger partial charge in [0.05, 0.1) is 34.2 Å². The Hall–Kier alpha value is -3.39. The van der Waals surface area contributed by atoms with Gasteiger partial charge in [0.15, 0.2) is 0 Å². The maximum absolute atomic E-state index is 4.99. The molecule has 4 N–H and O–H groups in total. The second kappa shape index (κ2) is 11.7. The molecular weight excluding hydrogens is 544 g/mol. The van der Waals surface area contributed by atoms with Crippen LogP contribution in [0.15, 0.2) is 46.4 Å². The van der Waals surface area contributed by atoms with E-state index in [9.17, 15) is 0 Å². The molecule has 9 heteroatoms. The van der Waals surface area contributed by atoms with Gasteiger partial charge in [-0.15, -0.1) is 12.4 Å². The lowest BCUT2D eigenvalue weighted by Gasteiger charge is -2.23. The fourth-order valence-electron chi connectivity index (χ4n) is 7.36. The molecule has 0 radical (unpaired) electrons. The SMILES string of the molecule is Cl.c1cc2nc(CCCCCc3nc4ccc(C5=N[C@H]6CCCC[C@H]6N5)cc4[nH]3)[nH]c2cc1C1=N[C@@H]2CCCC[C@@H]2N1. The second-order valence-corrected chi connectivity index (χ2v) is 12.6. The molecule has 8 rings (SSSR count). The minimum atomic E-state index is 0. The van der Waals surface area contributed by atoms with Crippen LogP contribution in [0.5, 0.6) is 0 Å². The number of imidazole rings is 2. The summed E-state index contributed by atoms with van der Waals surface area (Å²) >= 11 is 0. The number of halogens is 1. The molecule has 4 aromatic rings. The molecular formula is C33H41ClN8. The summed E-state index contributed by atoms with van der Waals surface area (Å²) in [5.41, 5.74) is 6.64. The lowest BCUT2D eigenvalue weighted by molar-refractivity contribution is 0.385. The number of unbranched alkanes of at least 4 members (excludes halogenated alkanes) is 2. The average Bonchev–Trinajstić information content (AvgIpc) is 3.79. The van der Waals surface area contributed by atoms with Crippen LogP contribution in [0.2, 0.25) is 0 Å². The largest absolute Gasteiger partial charge is 0.365 e. The number of benzene rings is 2. The Bertz CT molecular complexity index is 1510. The molecule has 0 unspecified atom stereocenters. The van der Waals surface area contributed by atoms with Gasteiger partial charge in [-0.05, 0) is 74.9 Å². The summed E-state index contributed by atoms with van der Waals surface area (Å²) in [5.74, 6) is 4.27. The van der Waals surface area contributed by atoms with E-state index in [1.54, 1.807) is 0 Å². The summed E-state index contributed by atoms with van der Waals surface area (Å²) in [6.07, 6.45) is 15.4. The standard InChI is InChI=1S/C33H40N8.ClH/c1(2-12-30-34-26-16-14-20(18-28(26)36-30)32-38-22-8-4-5-9-23(22)39-32)3-13-31-35-27-17-15-21(19-29(27)37-31)33-40-24-10-6-7-11-25(24)41-33;/h14-19,22-25H,1-13H2,(H,34,36)(H,35,37)(H,38,39)(H,40,41);1H/t22-,23+,24-,25+;. The minimum Gasteiger partial charge on any atom is -0.365 e. The van der Waals surface area contributed by atoms with Crippen LogP contribution in [-0.4, -0.2) is 55.8 Å². The second-order valence-electron chi connectivity index (χ2n) is 12.6. The molecule has 220 valence electrons. The topological polar surface area (TPSA) is 106 Å². The van der Waals surface area contributed by atoms with Gasteiger partial charge >= 0.3 is 0 Å². The summed E-state index contributed by atoms with van der Waals surface area (Å²) in [4.78, 5) is 26.8. The van der Waals surface area contributed by atoms with Crippen molar-refractivity contribution in [3.8, 4) is 0 Å². The van der Waals surface area contributed by atoms with Gasteiger partial charge in [0.25, 0.3) is 0 Å². The first-order valence-electron chi connectivity index (χ1n) is 15.9. The first-order chi connectivity index (χ1) is 20.2. The molecule has 8 nitrogen and oxygen atoms in total. The molecule has 2 aromatic heterocycles. The summed E-state index contributed by atoms with van der Waals surface area (Å²) in [7, 11) is 0. The Labute approximate surface area is 253 Å². The molecule has 0 bridgehead atoms. The van der Waals surface area contributed by atoms with E-state index < -0.39 is 0 Å². The Balaban J connectivity index is 0.00000288. The number of aromatic amines is 2. The lowest BCUT2D eigenvalue weighted by Crippen LogP contribution is -2.36. The van der Waals surface area contributed by atoms with Gasteiger partial charge < -0.3 is 20.6 Å². The molecule has 0 amide bonds. The Morgan fingerprint density at radius 3 is 1.55 bits per heavy atom. The number of nitrogens with zero attached hydrogens (tertiary/aromatic N) is 4. The van der Waals surface area contributed by atoms with E-state index in [0.717, 1.165) is 77.5 Å². The highest BCUT2D eigenvalue weighted by molar-refractivity contribution is 6.03. The molecule has 2 saturated carbocycles. The van der Waals surface area contributed by atoms with E-state index in [1.807, 2.05) is 0 Å². The summed E-state index contributed by atoms with van der Waals surface area (Å²) in [6, 6.07) is 15.0. The highest BCUT2D eigenvalue weighted by Gasteiger charge is 2.32. The van der Waals surface area contributed by atoms with Crippen molar-refractivity contribution in [1.82, 2.24) is 30.6 Å². The summed E-state index contributed by atoms with van der Waals surface area (Å²) < 4.78 is 0. The number of H-pyrrole nitrogens is 2. The van der Waals surface area contributed by atoms with Crippen LogP contribution in [0.4, 0.5) is 0 Å². The van der Waals surface area contributed by atoms with Gasteiger partial charge in [0.1, 0.15) is 23.3 Å². The molecule has 4 atom stereocenters. The number of nitrogens with one attached hydrogen (secondary N) is 4. The predicted molar refractivity (Wildman–Crippen MR) is 172 cm³/mol. The Morgan fingerprint density at radius 2 is 1.07 bits per heavy atom. The molecule has 4 aliphatic rings. The first kappa shape index (κ1) is 27.4. The van der Waals surface area contributed by atoms with Crippen LogP contribution < -0.4 is 10.6 Å². The Morgan fingerprint density at radius 1 is 0.595 bits per heavy atom. The van der Waals surface area contributed by atoms with Gasteiger partial charge in [0, 0.05) is 36.1 Å². The normalized spacial score (nSPS) is 24.9. The highest BCUT2D eigenvalue weighted by atomic mass is 35.5. The predicted octanol–water partition coefficient (Wildman–Crippen LogP) is 6.14. The number of aryl methyl sites for hydroxylation is 2. The fourth-order valence-corrected chi connectivity index (χ4v) is 7.36. The van der Waals surface area contributed by atoms with Crippen molar-refractivity contribution in [3.05, 3.63) is 59.2 Å². The van der Waals surface area contributed by atoms with Gasteiger partial charge in [-0.2, -0.15) is 0 Å². The van der Waals surface area contributed by atoms with E-state index in [4.69, 9.17) is 20.0 Å². The van der Waals surface area contributed by atoms with Crippen molar-refractivity contribution < 1.29 is 0 Å². The number of rotatable bonds is 8. The zero-order valence-corrected chi connectivity index (χ0v) is 25.0. The van der Waals surface area contributed by atoms with Crippen LogP contribution >= 0.6 is 12.4 Å². The molecule has 0 spiro atoms. The van der Waals surface area contributed by atoms with E-state index in [-0.39, 0.29) is 12.4 Å². The molecule has 42 heavy (non-hydrogen) atoms. The first-order valence-corrected chi connectivity index (χ1v) is 15.9. The van der Waals surface area contributed by atoms with Gasteiger partial charge in [-0.3, -0.25) is 9.98 Å². The van der Waals surface area contributed by atoms with Crippen molar-refractivity contribution in [1.29, 1.82) is 0 Å². The van der Waals surface area contributed by atoms with Crippen LogP contribution in [0.3, 0.4) is 0 Å². The van der Waals surface area contributed by atoms with E-state index >= 15 is 0 Å². The number of aromatic nitrogens is 4. The molecule has 2 aliphatic heterocycles. The molecule has 2 aliphatic carbocycles. The monoisotopic (exact) mass is 584 g/mol. The quantitative estimate of drug-likeness (QED) is 0.187. The zero-order valence-electron chi connectivity index (χ0n) is 24.2. The fraction of sp³-hybridized carbons (Fsp3) is 0.515. The highest BCUT2D eigenvalue weighted by Crippen LogP contribution is 2.28. The maximum atomic E-state index is 4.99. The third-order valence-electron chi connectivity index (χ3n) is 9.63. The number of aliphatic imine (C=N–C) groups is 2. The molecule has 2 aromatic carbocycles. The molecule has 4 heterocycles. The number of amidine groups is 2. The van der Waals surface area contributed by atoms with Crippen molar-refractivity contribution in [2.24, 2.45) is 9.98 Å². The van der Waals surface area contributed by atoms with Gasteiger partial charge in [0.2, 0.25) is 0 Å². The van der Waals surface area contributed by atoms with Crippen LogP contribution in [-0.2, 0) is 12.8 Å². The maximum Gasteiger partial charge on any atom is 0.128 e. The number of hydrogen-bond acceptors (Lipinski definition) is 6. The van der Waals surface area contributed by atoms with Gasteiger partial charge in [-0.25, -0.2) is 9.97 Å². The van der Waals surface area contributed by atoms with Crippen LogP contribution in [0.1, 0.15) is 93.4 Å².